The fraction of sp³-hybridized carbons (Fsp3) is 0.786. The third-order valence-electron chi connectivity index (χ3n) is 8.94. The Kier molecular flexibility index (Phi) is 4.99. The Morgan fingerprint density at radius 2 is 2.00 bits per heavy atom. The largest absolute Gasteiger partial charge is 0.393 e. The first kappa shape index (κ1) is 16.7. The molecule has 5 atom stereocenters. The molecule has 0 bridgehead atoms. The van der Waals surface area contributed by atoms with Gasteiger partial charge in [0, 0.05) is 8.22 Å². The van der Waals surface area contributed by atoms with Crippen LogP contribution in [0.15, 0.2) is 35.5 Å². The van der Waals surface area contributed by atoms with Crippen molar-refractivity contribution in [1.29, 1.82) is 0 Å². The zero-order valence-electron chi connectivity index (χ0n) is 25.3. The van der Waals surface area contributed by atoms with E-state index in [1.807, 2.05) is 0 Å². The second kappa shape index (κ2) is 8.94. The second-order valence-electron chi connectivity index (χ2n) is 10.9. The number of hydrogen-bond donors (Lipinski definition) is 2. The van der Waals surface area contributed by atoms with Crippen LogP contribution in [0.1, 0.15) is 113 Å². The van der Waals surface area contributed by atoms with E-state index >= 15 is 0 Å². The molecule has 3 rings (SSSR count). The third kappa shape index (κ3) is 4.80. The van der Waals surface area contributed by atoms with Crippen molar-refractivity contribution in [2.24, 2.45) is 22.7 Å². The van der Waals surface area contributed by atoms with Gasteiger partial charge in [-0.05, 0) is 99.7 Å². The highest BCUT2D eigenvalue weighted by molar-refractivity contribution is 5.37. The Labute approximate surface area is 194 Å². The highest BCUT2D eigenvalue weighted by Crippen LogP contribution is 2.67. The first-order valence-corrected chi connectivity index (χ1v) is 11.9. The van der Waals surface area contributed by atoms with E-state index in [2.05, 4.69) is 39.5 Å². The van der Waals surface area contributed by atoms with E-state index < -0.39 is 19.3 Å². The number of aliphatic hydroxyl groups is 2. The van der Waals surface area contributed by atoms with Crippen molar-refractivity contribution < 1.29 is 18.4 Å². The molecule has 170 valence electrons. The Hall–Kier alpha value is -0.860. The van der Waals surface area contributed by atoms with Crippen LogP contribution in [0.5, 0.6) is 0 Å². The van der Waals surface area contributed by atoms with Gasteiger partial charge in [-0.15, -0.1) is 0 Å². The van der Waals surface area contributed by atoms with Crippen LogP contribution >= 0.6 is 0 Å². The van der Waals surface area contributed by atoms with Crippen molar-refractivity contribution >= 4 is 0 Å². The van der Waals surface area contributed by atoms with E-state index in [-0.39, 0.29) is 23.4 Å². The van der Waals surface area contributed by atoms with Crippen LogP contribution in [0.3, 0.4) is 0 Å². The maximum Gasteiger partial charge on any atom is 0.0591 e. The molecule has 3 fully saturated rings. The molecule has 3 aliphatic carbocycles. The topological polar surface area (TPSA) is 40.5 Å². The first-order valence-electron chi connectivity index (χ1n) is 14.9. The summed E-state index contributed by atoms with van der Waals surface area (Å²) < 4.78 is 45.7. The minimum Gasteiger partial charge on any atom is -0.393 e. The summed E-state index contributed by atoms with van der Waals surface area (Å²) >= 11 is 0. The predicted octanol–water partition coefficient (Wildman–Crippen LogP) is 7.12. The summed E-state index contributed by atoms with van der Waals surface area (Å²) in [7, 11) is 0. The van der Waals surface area contributed by atoms with Gasteiger partial charge in [-0.2, -0.15) is 0 Å². The summed E-state index contributed by atoms with van der Waals surface area (Å²) in [4.78, 5) is 0. The van der Waals surface area contributed by atoms with Gasteiger partial charge in [-0.3, -0.25) is 0 Å². The molecule has 0 aromatic rings. The van der Waals surface area contributed by atoms with Crippen molar-refractivity contribution in [3.05, 3.63) is 35.5 Å². The minimum absolute atomic E-state index is 0.0774. The van der Waals surface area contributed by atoms with E-state index in [4.69, 9.17) is 8.22 Å². The minimum atomic E-state index is -2.95. The van der Waals surface area contributed by atoms with Gasteiger partial charge in [0.25, 0.3) is 0 Å². The highest BCUT2D eigenvalue weighted by Gasteiger charge is 2.57. The van der Waals surface area contributed by atoms with Crippen molar-refractivity contribution in [2.45, 2.75) is 117 Å². The van der Waals surface area contributed by atoms with Gasteiger partial charge in [0.05, 0.1) is 11.7 Å². The molecule has 2 nitrogen and oxygen atoms in total. The van der Waals surface area contributed by atoms with Crippen LogP contribution in [-0.2, 0) is 0 Å². The van der Waals surface area contributed by atoms with Crippen molar-refractivity contribution in [1.82, 2.24) is 0 Å². The Morgan fingerprint density at radius 1 is 1.23 bits per heavy atom. The molecule has 2 N–H and O–H groups in total. The normalized spacial score (nSPS) is 42.6. The monoisotopic (exact) mass is 420 g/mol. The van der Waals surface area contributed by atoms with Crippen LogP contribution in [-0.4, -0.2) is 21.9 Å². The number of fused-ring (bicyclic) bond motifs is 1. The van der Waals surface area contributed by atoms with Crippen LogP contribution in [0.2, 0.25) is 0 Å². The average molecular weight is 421 g/mol. The van der Waals surface area contributed by atoms with Gasteiger partial charge in [0.2, 0.25) is 0 Å². The summed E-state index contributed by atoms with van der Waals surface area (Å²) in [5.74, 6) is 0.763. The number of allylic oxidation sites excluding steroid dienone is 4. The first-order chi connectivity index (χ1) is 16.5. The van der Waals surface area contributed by atoms with E-state index in [9.17, 15) is 10.2 Å². The molecule has 0 amide bonds. The lowest BCUT2D eigenvalue weighted by Gasteiger charge is -2.51. The van der Waals surface area contributed by atoms with Gasteiger partial charge in [-0.25, -0.2) is 0 Å². The molecule has 0 aliphatic heterocycles. The molecule has 3 aliphatic rings. The Bertz CT molecular complexity index is 871. The molecular formula is C28H46O2. The fourth-order valence-electron chi connectivity index (χ4n) is 6.82. The molecule has 30 heavy (non-hydrogen) atoms. The van der Waals surface area contributed by atoms with Crippen LogP contribution < -0.4 is 0 Å². The summed E-state index contributed by atoms with van der Waals surface area (Å²) in [5.41, 5.74) is 1.30. The molecule has 2 heteroatoms. The SMILES string of the molecule is [2H]C([2H])([2H])C(O)(CCC[C@@H](C)[C@H]1CC[C@@]2(C)/C(=C\C=C3/C[C@@H](O)CCC3=C)CCC[C@]12C)C([2H])([2H])[2H]. The van der Waals surface area contributed by atoms with Crippen LogP contribution in [0, 0.1) is 22.7 Å². The van der Waals surface area contributed by atoms with Crippen LogP contribution in [0.4, 0.5) is 0 Å². The summed E-state index contributed by atoms with van der Waals surface area (Å²) in [6.07, 6.45) is 12.9. The van der Waals surface area contributed by atoms with Crippen LogP contribution in [0.25, 0.3) is 0 Å². The van der Waals surface area contributed by atoms with E-state index in [1.54, 1.807) is 0 Å². The number of rotatable bonds is 6. The molecule has 0 saturated heterocycles. The summed E-state index contributed by atoms with van der Waals surface area (Å²) in [6.45, 7) is 5.32. The summed E-state index contributed by atoms with van der Waals surface area (Å²) in [5, 5.41) is 20.7. The molecule has 0 unspecified atom stereocenters. The van der Waals surface area contributed by atoms with E-state index in [0.717, 1.165) is 56.1 Å². The molecule has 0 aromatic carbocycles. The van der Waals surface area contributed by atoms with Crippen molar-refractivity contribution in [2.75, 3.05) is 0 Å². The van der Waals surface area contributed by atoms with Gasteiger partial charge in [0.1, 0.15) is 0 Å². The Morgan fingerprint density at radius 3 is 2.73 bits per heavy atom. The third-order valence-corrected chi connectivity index (χ3v) is 8.94. The number of hydrogen-bond acceptors (Lipinski definition) is 2. The maximum atomic E-state index is 10.6. The lowest BCUT2D eigenvalue weighted by Crippen LogP contribution is -2.43. The molecule has 0 heterocycles. The quantitative estimate of drug-likeness (QED) is 0.480. The lowest BCUT2D eigenvalue weighted by molar-refractivity contribution is 0.0299. The standard InChI is InChI=1S/C28H46O2/c1-20-11-14-24(29)19-22(20)12-13-23-10-8-17-28(6)25(15-18-27(23,28)5)21(2)9-7-16-26(3,4)30/h12-13,21,24-25,29-30H,1,7-11,14-19H2,2-6H3/b22-12+,23-13-/t21-,24+,25-,27+,28-/m1/s1/i3D3,4D3. The smallest absolute Gasteiger partial charge is 0.0591 e. The molecule has 0 spiro atoms. The molecule has 0 radical (unpaired) electrons. The van der Waals surface area contributed by atoms with Gasteiger partial charge >= 0.3 is 0 Å². The van der Waals surface area contributed by atoms with Gasteiger partial charge < -0.3 is 10.2 Å². The maximum absolute atomic E-state index is 10.6. The fourth-order valence-corrected chi connectivity index (χ4v) is 6.82. The van der Waals surface area contributed by atoms with Gasteiger partial charge in [-0.1, -0.05) is 63.5 Å². The highest BCUT2D eigenvalue weighted by atomic mass is 16.3. The van der Waals surface area contributed by atoms with Crippen molar-refractivity contribution in [3.63, 3.8) is 0 Å². The molecule has 3 saturated carbocycles. The zero-order valence-corrected chi connectivity index (χ0v) is 19.3. The van der Waals surface area contributed by atoms with E-state index in [0.29, 0.717) is 31.1 Å². The van der Waals surface area contributed by atoms with Crippen molar-refractivity contribution in [3.8, 4) is 0 Å². The molecule has 0 aromatic heterocycles. The lowest BCUT2D eigenvalue weighted by atomic mass is 9.53. The molecular weight excluding hydrogens is 368 g/mol. The Balaban J connectivity index is 1.74. The average Bonchev–Trinajstić information content (AvgIpc) is 3.04. The second-order valence-corrected chi connectivity index (χ2v) is 10.9. The van der Waals surface area contributed by atoms with E-state index in [1.165, 1.54) is 5.57 Å². The zero-order chi connectivity index (χ0) is 27.2. The number of aliphatic hydroxyl groups excluding tert-OH is 1. The predicted molar refractivity (Wildman–Crippen MR) is 127 cm³/mol. The summed E-state index contributed by atoms with van der Waals surface area (Å²) in [6, 6.07) is 0. The van der Waals surface area contributed by atoms with Gasteiger partial charge in [0.15, 0.2) is 0 Å².